The number of aliphatic hydroxyl groups excluding tert-OH is 1. The third-order valence-corrected chi connectivity index (χ3v) is 25.1. The number of likely N-dealkylation sites (tertiary alicyclic amines) is 6. The van der Waals surface area contributed by atoms with Crippen LogP contribution in [0, 0.1) is 23.7 Å². The summed E-state index contributed by atoms with van der Waals surface area (Å²) >= 11 is 36.9. The molecule has 5 aromatic carbocycles. The van der Waals surface area contributed by atoms with Gasteiger partial charge in [0.05, 0.1) is 47.9 Å². The van der Waals surface area contributed by atoms with Gasteiger partial charge in [0.1, 0.15) is 11.4 Å². The van der Waals surface area contributed by atoms with Gasteiger partial charge in [-0.15, -0.1) is 0 Å². The SMILES string of the molecule is CO[C@@H]1CN(C2CCN(C(=O)c3ccc4cccnc4n3)CC2)CCC1Cc1ccc(Cl)c(Cl)c1.CO[C@@H]1CN(C2CCN(C(=O)c3nccc4ccccc34)CC2)CCC1Cc1ccc(Cl)c(Cl)c1.O=C(c1ccc2ncccc2c1)N1CCC(N2CCC(Cc3ccc(Cl)c(Cl)c3)[C@H](CO)C2)CC1. The molecular formula is C83H92Cl6N10O6. The van der Waals surface area contributed by atoms with Crippen LogP contribution >= 0.6 is 69.6 Å². The lowest BCUT2D eigenvalue weighted by molar-refractivity contribution is -0.0326. The Bertz CT molecular complexity index is 4280. The van der Waals surface area contributed by atoms with E-state index in [1.54, 1.807) is 24.7 Å². The zero-order valence-electron chi connectivity index (χ0n) is 59.6. The molecule has 3 amide bonds. The van der Waals surface area contributed by atoms with Gasteiger partial charge in [0.2, 0.25) is 0 Å². The van der Waals surface area contributed by atoms with E-state index < -0.39 is 0 Å². The summed E-state index contributed by atoms with van der Waals surface area (Å²) in [5.74, 6) is 1.70. The number of amides is 3. The van der Waals surface area contributed by atoms with Crippen molar-refractivity contribution < 1.29 is 29.0 Å². The van der Waals surface area contributed by atoms with Crippen molar-refractivity contribution in [2.75, 3.05) is 99.4 Å². The molecule has 0 radical (unpaired) electrons. The molecule has 3 unspecified atom stereocenters. The van der Waals surface area contributed by atoms with E-state index in [4.69, 9.17) is 79.1 Å². The van der Waals surface area contributed by atoms with Crippen molar-refractivity contribution in [3.63, 3.8) is 0 Å². The molecule has 22 heteroatoms. The second-order valence-corrected chi connectivity index (χ2v) is 31.5. The first-order chi connectivity index (χ1) is 51.1. The molecule has 6 aliphatic rings. The molecule has 15 rings (SSSR count). The van der Waals surface area contributed by atoms with Crippen LogP contribution in [0.4, 0.5) is 0 Å². The molecule has 6 fully saturated rings. The summed E-state index contributed by atoms with van der Waals surface area (Å²) in [7, 11) is 3.62. The number of piperidine rings is 6. The van der Waals surface area contributed by atoms with Crippen LogP contribution in [0.15, 0.2) is 158 Å². The predicted molar refractivity (Wildman–Crippen MR) is 422 cm³/mol. The quantitative estimate of drug-likeness (QED) is 0.103. The second kappa shape index (κ2) is 36.1. The summed E-state index contributed by atoms with van der Waals surface area (Å²) in [6, 6.07) is 46.2. The maximum absolute atomic E-state index is 13.3. The first-order valence-electron chi connectivity index (χ1n) is 37.0. The molecule has 16 nitrogen and oxygen atoms in total. The highest BCUT2D eigenvalue weighted by molar-refractivity contribution is 6.43. The van der Waals surface area contributed by atoms with E-state index in [1.165, 1.54) is 16.7 Å². The Kier molecular flexibility index (Phi) is 26.3. The van der Waals surface area contributed by atoms with Crippen LogP contribution in [0.3, 0.4) is 0 Å². The lowest BCUT2D eigenvalue weighted by Gasteiger charge is -2.44. The Labute approximate surface area is 646 Å². The zero-order valence-corrected chi connectivity index (χ0v) is 64.1. The van der Waals surface area contributed by atoms with Crippen molar-refractivity contribution in [3.05, 3.63) is 222 Å². The maximum Gasteiger partial charge on any atom is 0.273 e. The van der Waals surface area contributed by atoms with Crippen molar-refractivity contribution >= 4 is 120 Å². The summed E-state index contributed by atoms with van der Waals surface area (Å²) in [5, 5.41) is 17.6. The fraction of sp³-hybridized carbons (Fsp3) is 0.434. The van der Waals surface area contributed by atoms with Crippen molar-refractivity contribution in [1.29, 1.82) is 0 Å². The molecule has 1 N–H and O–H groups in total. The number of fused-ring (bicyclic) bond motifs is 3. The fourth-order valence-electron chi connectivity index (χ4n) is 16.8. The van der Waals surface area contributed by atoms with E-state index in [0.29, 0.717) is 83.1 Å². The highest BCUT2D eigenvalue weighted by atomic mass is 35.5. The number of benzene rings is 5. The number of carbonyl (C=O) groups excluding carboxylic acids is 3. The Morgan fingerprint density at radius 2 is 0.895 bits per heavy atom. The molecular weight excluding hydrogens is 1450 g/mol. The van der Waals surface area contributed by atoms with Gasteiger partial charge in [0, 0.05) is 138 Å². The summed E-state index contributed by atoms with van der Waals surface area (Å²) in [6.45, 7) is 10.6. The third-order valence-electron chi connectivity index (χ3n) is 22.9. The lowest BCUT2D eigenvalue weighted by Crippen LogP contribution is -2.53. The van der Waals surface area contributed by atoms with E-state index in [-0.39, 0.29) is 42.5 Å². The lowest BCUT2D eigenvalue weighted by atomic mass is 9.80. The van der Waals surface area contributed by atoms with Crippen molar-refractivity contribution in [3.8, 4) is 0 Å². The molecule has 0 aliphatic carbocycles. The van der Waals surface area contributed by atoms with Crippen molar-refractivity contribution in [2.24, 2.45) is 23.7 Å². The number of pyridine rings is 4. The van der Waals surface area contributed by atoms with Gasteiger partial charge in [0.15, 0.2) is 5.65 Å². The van der Waals surface area contributed by atoms with E-state index in [1.807, 2.05) is 150 Å². The zero-order chi connectivity index (χ0) is 73.1. The number of hydrogen-bond acceptors (Lipinski definition) is 13. The monoisotopic (exact) mass is 1530 g/mol. The molecule has 9 aromatic rings. The number of aromatic nitrogens is 4. The molecule has 6 saturated heterocycles. The number of rotatable bonds is 15. The van der Waals surface area contributed by atoms with E-state index in [0.717, 1.165) is 188 Å². The number of nitrogens with zero attached hydrogens (tertiary/aromatic N) is 10. The van der Waals surface area contributed by atoms with E-state index >= 15 is 0 Å². The maximum atomic E-state index is 13.3. The predicted octanol–water partition coefficient (Wildman–Crippen LogP) is 16.2. The highest BCUT2D eigenvalue weighted by Crippen LogP contribution is 2.36. The third kappa shape index (κ3) is 18.9. The molecule has 0 saturated carbocycles. The van der Waals surface area contributed by atoms with Crippen LogP contribution in [-0.4, -0.2) is 202 Å². The fourth-order valence-corrected chi connectivity index (χ4v) is 17.8. The van der Waals surface area contributed by atoms with Gasteiger partial charge in [-0.2, -0.15) is 0 Å². The average molecular weight is 1540 g/mol. The number of aliphatic hydroxyl groups is 1. The summed E-state index contributed by atoms with van der Waals surface area (Å²) < 4.78 is 11.9. The van der Waals surface area contributed by atoms with Crippen LogP contribution in [0.2, 0.25) is 30.1 Å². The van der Waals surface area contributed by atoms with Gasteiger partial charge in [-0.05, 0) is 233 Å². The van der Waals surface area contributed by atoms with E-state index in [9.17, 15) is 19.5 Å². The largest absolute Gasteiger partial charge is 0.396 e. The molecule has 6 atom stereocenters. The number of halogens is 6. The molecule has 10 heterocycles. The first kappa shape index (κ1) is 76.6. The van der Waals surface area contributed by atoms with E-state index in [2.05, 4.69) is 46.8 Å². The Balaban J connectivity index is 0.000000140. The minimum atomic E-state index is -0.00824. The Morgan fingerprint density at radius 3 is 1.43 bits per heavy atom. The van der Waals surface area contributed by atoms with Gasteiger partial charge in [-0.3, -0.25) is 39.1 Å². The molecule has 0 bridgehead atoms. The number of hydrogen-bond donors (Lipinski definition) is 1. The van der Waals surface area contributed by atoms with Crippen molar-refractivity contribution in [2.45, 2.75) is 107 Å². The van der Waals surface area contributed by atoms with Gasteiger partial charge in [-0.25, -0.2) is 9.97 Å². The molecule has 552 valence electrons. The van der Waals surface area contributed by atoms with Crippen LogP contribution in [-0.2, 0) is 28.7 Å². The second-order valence-electron chi connectivity index (χ2n) is 29.1. The number of ether oxygens (including phenoxy) is 2. The topological polar surface area (TPSA) is 161 Å². The van der Waals surface area contributed by atoms with Crippen LogP contribution in [0.25, 0.3) is 32.7 Å². The summed E-state index contributed by atoms with van der Waals surface area (Å²) in [4.78, 5) is 70.6. The van der Waals surface area contributed by atoms with Gasteiger partial charge in [0.25, 0.3) is 17.7 Å². The molecule has 6 aliphatic heterocycles. The van der Waals surface area contributed by atoms with Gasteiger partial charge >= 0.3 is 0 Å². The van der Waals surface area contributed by atoms with Crippen molar-refractivity contribution in [1.82, 2.24) is 49.3 Å². The average Bonchev–Trinajstić information content (AvgIpc) is 0.804. The number of carbonyl (C=O) groups is 3. The normalized spacial score (nSPS) is 22.0. The van der Waals surface area contributed by atoms with Crippen LogP contribution < -0.4 is 0 Å². The highest BCUT2D eigenvalue weighted by Gasteiger charge is 2.39. The molecule has 105 heavy (non-hydrogen) atoms. The summed E-state index contributed by atoms with van der Waals surface area (Å²) in [6.07, 6.45) is 17.4. The van der Waals surface area contributed by atoms with Gasteiger partial charge < -0.3 is 29.3 Å². The van der Waals surface area contributed by atoms with Gasteiger partial charge in [-0.1, -0.05) is 118 Å². The summed E-state index contributed by atoms with van der Waals surface area (Å²) in [5.41, 5.74) is 6.85. The number of methoxy groups -OCH3 is 2. The van der Waals surface area contributed by atoms with Crippen LogP contribution in [0.1, 0.15) is 106 Å². The van der Waals surface area contributed by atoms with Crippen LogP contribution in [0.5, 0.6) is 0 Å². The Morgan fingerprint density at radius 1 is 0.419 bits per heavy atom. The Hall–Kier alpha value is -6.61. The minimum absolute atomic E-state index is 0.00824. The smallest absolute Gasteiger partial charge is 0.273 e. The minimum Gasteiger partial charge on any atom is -0.396 e. The molecule has 0 spiro atoms. The standard InChI is InChI=1S/2C28H31Cl2N3O2.C27H30Cl2N4O2/c1-35-26-18-33(13-9-21(26)16-19-6-7-24(29)25(30)17-19)22-10-14-32(15-11-22)28(34)27-23-5-3-2-4-20(23)8-12-31-27;29-25-5-3-19(15-26(25)30)14-20-7-11-33(17-23(20)18-34)24-8-12-32(13-9-24)28(35)22-4-6-27-21(16-22)2-1-10-31-27;1-35-25-17-33(12-8-20(25)15-18-4-6-22(28)23(29)16-18)21-9-13-32(14-10-21)27(34)24-7-5-19-3-2-11-30-26(19)31-24/h2-8,12,17,21-22,26H,9-11,13-16,18H2,1H3;1-6,10,15-16,20,23-24,34H,7-9,11-14,17-18H2;2-7,11,16,20-21,25H,8-10,12-15,17H2,1H3/t21?,26-;20?,23-;20?,25-/m101/s1. The molecule has 4 aromatic heterocycles. The first-order valence-corrected chi connectivity index (χ1v) is 39.3.